The van der Waals surface area contributed by atoms with Gasteiger partial charge in [-0.25, -0.2) is 13.1 Å². The van der Waals surface area contributed by atoms with Crippen molar-refractivity contribution in [1.29, 1.82) is 0 Å². The molecule has 2 N–H and O–H groups in total. The van der Waals surface area contributed by atoms with E-state index in [1.165, 1.54) is 6.07 Å². The Bertz CT molecular complexity index is 791. The summed E-state index contributed by atoms with van der Waals surface area (Å²) < 4.78 is 26.6. The van der Waals surface area contributed by atoms with Crippen LogP contribution < -0.4 is 10.0 Å². The molecule has 116 valence electrons. The molecule has 0 aliphatic rings. The molecule has 0 saturated carbocycles. The van der Waals surface area contributed by atoms with Crippen LogP contribution in [0.5, 0.6) is 0 Å². The lowest BCUT2D eigenvalue weighted by atomic mass is 10.2. The van der Waals surface area contributed by atoms with E-state index in [0.29, 0.717) is 16.3 Å². The van der Waals surface area contributed by atoms with Crippen molar-refractivity contribution in [3.63, 3.8) is 0 Å². The van der Waals surface area contributed by atoms with Gasteiger partial charge in [0.15, 0.2) is 0 Å². The summed E-state index contributed by atoms with van der Waals surface area (Å²) in [6.07, 6.45) is 0. The highest BCUT2D eigenvalue weighted by molar-refractivity contribution is 7.89. The molecular formula is C15H15ClN2O3S. The fourth-order valence-electron chi connectivity index (χ4n) is 1.85. The molecular weight excluding hydrogens is 324 g/mol. The standard InChI is InChI=1S/C15H15ClN2O3S/c1-11-6-2-5-9-14(11)22(20,21)17-10-15(19)18-13-8-4-3-7-12(13)16/h2-9,17H,10H2,1H3,(H,18,19). The van der Waals surface area contributed by atoms with Crippen molar-refractivity contribution in [3.05, 3.63) is 59.1 Å². The average molecular weight is 339 g/mol. The first-order chi connectivity index (χ1) is 10.4. The number of anilines is 1. The highest BCUT2D eigenvalue weighted by atomic mass is 35.5. The summed E-state index contributed by atoms with van der Waals surface area (Å²) in [5.74, 6) is -0.495. The van der Waals surface area contributed by atoms with Crippen molar-refractivity contribution in [3.8, 4) is 0 Å². The van der Waals surface area contributed by atoms with Crippen molar-refractivity contribution in [2.45, 2.75) is 11.8 Å². The Morgan fingerprint density at radius 2 is 1.73 bits per heavy atom. The quantitative estimate of drug-likeness (QED) is 0.879. The zero-order valence-electron chi connectivity index (χ0n) is 11.8. The summed E-state index contributed by atoms with van der Waals surface area (Å²) in [4.78, 5) is 12.0. The molecule has 2 aromatic carbocycles. The molecule has 5 nitrogen and oxygen atoms in total. The van der Waals surface area contributed by atoms with Crippen LogP contribution in [0, 0.1) is 6.92 Å². The van der Waals surface area contributed by atoms with E-state index < -0.39 is 15.9 Å². The van der Waals surface area contributed by atoms with Crippen LogP contribution in [0.15, 0.2) is 53.4 Å². The number of hydrogen-bond donors (Lipinski definition) is 2. The largest absolute Gasteiger partial charge is 0.324 e. The second kappa shape index (κ2) is 6.91. The lowest BCUT2D eigenvalue weighted by molar-refractivity contribution is -0.115. The van der Waals surface area contributed by atoms with E-state index in [9.17, 15) is 13.2 Å². The molecule has 0 bridgehead atoms. The van der Waals surface area contributed by atoms with Crippen LogP contribution in [0.1, 0.15) is 5.56 Å². The third-order valence-electron chi connectivity index (χ3n) is 2.95. The first-order valence-electron chi connectivity index (χ1n) is 6.50. The minimum absolute atomic E-state index is 0.153. The second-order valence-corrected chi connectivity index (χ2v) is 6.76. The van der Waals surface area contributed by atoms with Gasteiger partial charge in [0.05, 0.1) is 22.2 Å². The van der Waals surface area contributed by atoms with Crippen LogP contribution in [-0.4, -0.2) is 20.9 Å². The summed E-state index contributed by atoms with van der Waals surface area (Å²) in [5, 5.41) is 2.94. The Labute approximate surface area is 134 Å². The van der Waals surface area contributed by atoms with Gasteiger partial charge in [0, 0.05) is 0 Å². The predicted molar refractivity (Wildman–Crippen MR) is 86.4 cm³/mol. The zero-order valence-corrected chi connectivity index (χ0v) is 13.4. The molecule has 7 heteroatoms. The van der Waals surface area contributed by atoms with Crippen molar-refractivity contribution in [2.75, 3.05) is 11.9 Å². The van der Waals surface area contributed by atoms with E-state index in [4.69, 9.17) is 11.6 Å². The van der Waals surface area contributed by atoms with Gasteiger partial charge in [0.2, 0.25) is 15.9 Å². The molecule has 0 aliphatic carbocycles. The highest BCUT2D eigenvalue weighted by Gasteiger charge is 2.17. The molecule has 2 aromatic rings. The smallest absolute Gasteiger partial charge is 0.241 e. The summed E-state index contributed by atoms with van der Waals surface area (Å²) >= 11 is 5.92. The molecule has 0 atom stereocenters. The fraction of sp³-hybridized carbons (Fsp3) is 0.133. The van der Waals surface area contributed by atoms with E-state index in [1.54, 1.807) is 49.4 Å². The number of sulfonamides is 1. The van der Waals surface area contributed by atoms with Crippen LogP contribution >= 0.6 is 11.6 Å². The van der Waals surface area contributed by atoms with E-state index >= 15 is 0 Å². The minimum atomic E-state index is -3.73. The molecule has 0 unspecified atom stereocenters. The van der Waals surface area contributed by atoms with Gasteiger partial charge in [-0.2, -0.15) is 0 Å². The number of nitrogens with one attached hydrogen (secondary N) is 2. The molecule has 1 amide bonds. The van der Waals surface area contributed by atoms with Crippen LogP contribution in [-0.2, 0) is 14.8 Å². The van der Waals surface area contributed by atoms with Gasteiger partial charge in [0.1, 0.15) is 0 Å². The molecule has 2 rings (SSSR count). The van der Waals surface area contributed by atoms with Crippen molar-refractivity contribution < 1.29 is 13.2 Å². The van der Waals surface area contributed by atoms with Crippen LogP contribution in [0.3, 0.4) is 0 Å². The number of benzene rings is 2. The lowest BCUT2D eigenvalue weighted by Gasteiger charge is -2.10. The number of aryl methyl sites for hydroxylation is 1. The SMILES string of the molecule is Cc1ccccc1S(=O)(=O)NCC(=O)Nc1ccccc1Cl. The normalized spacial score (nSPS) is 11.2. The fourth-order valence-corrected chi connectivity index (χ4v) is 3.26. The van der Waals surface area contributed by atoms with Gasteiger partial charge in [-0.05, 0) is 30.7 Å². The Balaban J connectivity index is 2.02. The Morgan fingerprint density at radius 3 is 2.41 bits per heavy atom. The Kier molecular flexibility index (Phi) is 5.18. The summed E-state index contributed by atoms with van der Waals surface area (Å²) in [6.45, 7) is 1.32. The maximum Gasteiger partial charge on any atom is 0.241 e. The molecule has 0 spiro atoms. The first-order valence-corrected chi connectivity index (χ1v) is 8.36. The third-order valence-corrected chi connectivity index (χ3v) is 4.84. The van der Waals surface area contributed by atoms with Crippen LogP contribution in [0.2, 0.25) is 5.02 Å². The number of carbonyl (C=O) groups excluding carboxylic acids is 1. The predicted octanol–water partition coefficient (Wildman–Crippen LogP) is 2.57. The van der Waals surface area contributed by atoms with Crippen molar-refractivity contribution in [1.82, 2.24) is 4.72 Å². The number of carbonyl (C=O) groups is 1. The first kappa shape index (κ1) is 16.5. The van der Waals surface area contributed by atoms with Gasteiger partial charge in [0.25, 0.3) is 0 Å². The van der Waals surface area contributed by atoms with Gasteiger partial charge < -0.3 is 5.32 Å². The average Bonchev–Trinajstić information content (AvgIpc) is 2.48. The Hall–Kier alpha value is -1.89. The van der Waals surface area contributed by atoms with E-state index in [2.05, 4.69) is 10.0 Å². The number of hydrogen-bond acceptors (Lipinski definition) is 3. The zero-order chi connectivity index (χ0) is 16.2. The number of rotatable bonds is 5. The van der Waals surface area contributed by atoms with Gasteiger partial charge in [-0.1, -0.05) is 41.9 Å². The topological polar surface area (TPSA) is 75.3 Å². The monoisotopic (exact) mass is 338 g/mol. The summed E-state index contributed by atoms with van der Waals surface area (Å²) in [7, 11) is -3.73. The molecule has 0 aromatic heterocycles. The van der Waals surface area contributed by atoms with Gasteiger partial charge in [-0.15, -0.1) is 0 Å². The van der Waals surface area contributed by atoms with E-state index in [1.807, 2.05) is 0 Å². The minimum Gasteiger partial charge on any atom is -0.324 e. The molecule has 0 radical (unpaired) electrons. The van der Waals surface area contributed by atoms with E-state index in [0.717, 1.165) is 0 Å². The molecule has 0 saturated heterocycles. The lowest BCUT2D eigenvalue weighted by Crippen LogP contribution is -2.33. The van der Waals surface area contributed by atoms with Gasteiger partial charge >= 0.3 is 0 Å². The van der Waals surface area contributed by atoms with Gasteiger partial charge in [-0.3, -0.25) is 4.79 Å². The molecule has 0 fully saturated rings. The third kappa shape index (κ3) is 4.07. The van der Waals surface area contributed by atoms with E-state index in [-0.39, 0.29) is 11.4 Å². The molecule has 0 aliphatic heterocycles. The van der Waals surface area contributed by atoms with Crippen LogP contribution in [0.4, 0.5) is 5.69 Å². The van der Waals surface area contributed by atoms with Crippen molar-refractivity contribution >= 4 is 33.2 Å². The number of halogens is 1. The Morgan fingerprint density at radius 1 is 1.09 bits per heavy atom. The highest BCUT2D eigenvalue weighted by Crippen LogP contribution is 2.20. The number of para-hydroxylation sites is 1. The summed E-state index contributed by atoms with van der Waals surface area (Å²) in [5.41, 5.74) is 1.05. The summed E-state index contributed by atoms with van der Waals surface area (Å²) in [6, 6.07) is 13.3. The molecule has 0 heterocycles. The van der Waals surface area contributed by atoms with Crippen molar-refractivity contribution in [2.24, 2.45) is 0 Å². The molecule has 22 heavy (non-hydrogen) atoms. The maximum absolute atomic E-state index is 12.2. The maximum atomic E-state index is 12.2. The number of amides is 1. The van der Waals surface area contributed by atoms with Crippen LogP contribution in [0.25, 0.3) is 0 Å². The second-order valence-electron chi connectivity index (χ2n) is 4.62.